The highest BCUT2D eigenvalue weighted by Gasteiger charge is 2.07. The highest BCUT2D eigenvalue weighted by atomic mass is 32.1. The van der Waals surface area contributed by atoms with Crippen molar-refractivity contribution in [2.75, 3.05) is 5.73 Å². The zero-order valence-electron chi connectivity index (χ0n) is 9.10. The number of hydrogen-bond acceptors (Lipinski definition) is 4. The largest absolute Gasteiger partial charge is 0.375 e. The number of thiazole rings is 1. The first-order valence-electron chi connectivity index (χ1n) is 5.27. The van der Waals surface area contributed by atoms with Crippen LogP contribution in [0.4, 0.5) is 5.13 Å². The van der Waals surface area contributed by atoms with Crippen LogP contribution in [0, 0.1) is 17.2 Å². The molecule has 0 aliphatic carbocycles. The lowest BCUT2D eigenvalue weighted by molar-refractivity contribution is 0.639. The van der Waals surface area contributed by atoms with E-state index in [-0.39, 0.29) is 5.92 Å². The third kappa shape index (κ3) is 2.15. The molecule has 16 heavy (non-hydrogen) atoms. The number of benzene rings is 1. The smallest absolute Gasteiger partial charge is 0.181 e. The maximum absolute atomic E-state index is 8.92. The molecular formula is C12H13N3S. The summed E-state index contributed by atoms with van der Waals surface area (Å²) in [5, 5.41) is 9.52. The minimum atomic E-state index is 0.0997. The van der Waals surface area contributed by atoms with Gasteiger partial charge in [-0.15, -0.1) is 0 Å². The third-order valence-corrected chi connectivity index (χ3v) is 3.47. The van der Waals surface area contributed by atoms with E-state index in [9.17, 15) is 0 Å². The third-order valence-electron chi connectivity index (χ3n) is 2.63. The topological polar surface area (TPSA) is 62.7 Å². The molecule has 0 fully saturated rings. The number of nitrogens with zero attached hydrogens (tertiary/aromatic N) is 2. The van der Waals surface area contributed by atoms with Crippen molar-refractivity contribution in [2.45, 2.75) is 19.8 Å². The minimum absolute atomic E-state index is 0.0997. The quantitative estimate of drug-likeness (QED) is 0.883. The van der Waals surface area contributed by atoms with Crippen LogP contribution < -0.4 is 5.73 Å². The summed E-state index contributed by atoms with van der Waals surface area (Å²) in [7, 11) is 0. The summed E-state index contributed by atoms with van der Waals surface area (Å²) in [5.41, 5.74) is 7.78. The van der Waals surface area contributed by atoms with Gasteiger partial charge in [-0.05, 0) is 30.5 Å². The second-order valence-electron chi connectivity index (χ2n) is 3.79. The lowest BCUT2D eigenvalue weighted by atomic mass is 9.98. The normalized spacial score (nSPS) is 12.5. The lowest BCUT2D eigenvalue weighted by Gasteiger charge is -2.05. The van der Waals surface area contributed by atoms with E-state index in [1.807, 2.05) is 19.1 Å². The van der Waals surface area contributed by atoms with Gasteiger partial charge in [-0.2, -0.15) is 5.26 Å². The molecule has 0 radical (unpaired) electrons. The number of anilines is 1. The summed E-state index contributed by atoms with van der Waals surface area (Å²) in [6, 6.07) is 8.41. The van der Waals surface area contributed by atoms with Gasteiger partial charge in [-0.25, -0.2) is 4.98 Å². The van der Waals surface area contributed by atoms with Crippen LogP contribution in [0.15, 0.2) is 18.2 Å². The second kappa shape index (κ2) is 4.50. The number of nitrogens with two attached hydrogens (primary N) is 1. The van der Waals surface area contributed by atoms with Crippen molar-refractivity contribution in [3.8, 4) is 6.07 Å². The average Bonchev–Trinajstić information content (AvgIpc) is 2.65. The fourth-order valence-corrected chi connectivity index (χ4v) is 2.48. The van der Waals surface area contributed by atoms with Crippen molar-refractivity contribution in [3.05, 3.63) is 23.8 Å². The molecule has 2 aromatic rings. The van der Waals surface area contributed by atoms with E-state index in [1.165, 1.54) is 16.9 Å². The van der Waals surface area contributed by atoms with E-state index >= 15 is 0 Å². The Kier molecular flexibility index (Phi) is 3.07. The van der Waals surface area contributed by atoms with Crippen LogP contribution in [0.2, 0.25) is 0 Å². The first-order valence-corrected chi connectivity index (χ1v) is 6.09. The molecule has 2 rings (SSSR count). The Balaban J connectivity index is 2.29. The Bertz CT molecular complexity index is 539. The predicted octanol–water partition coefficient (Wildman–Crippen LogP) is 2.97. The van der Waals surface area contributed by atoms with Gasteiger partial charge < -0.3 is 5.73 Å². The van der Waals surface area contributed by atoms with Crippen LogP contribution >= 0.6 is 11.3 Å². The Morgan fingerprint density at radius 2 is 2.38 bits per heavy atom. The van der Waals surface area contributed by atoms with Crippen LogP contribution in [0.25, 0.3) is 10.2 Å². The van der Waals surface area contributed by atoms with Gasteiger partial charge in [0.15, 0.2) is 5.13 Å². The summed E-state index contributed by atoms with van der Waals surface area (Å²) in [6.07, 6.45) is 1.69. The average molecular weight is 231 g/mol. The molecule has 1 aromatic carbocycles. The zero-order chi connectivity index (χ0) is 11.5. The van der Waals surface area contributed by atoms with Gasteiger partial charge in [0.25, 0.3) is 0 Å². The van der Waals surface area contributed by atoms with Gasteiger partial charge in [0.2, 0.25) is 0 Å². The van der Waals surface area contributed by atoms with Gasteiger partial charge in [-0.3, -0.25) is 0 Å². The number of fused-ring (bicyclic) bond motifs is 1. The molecular weight excluding hydrogens is 218 g/mol. The van der Waals surface area contributed by atoms with Crippen molar-refractivity contribution in [1.82, 2.24) is 4.98 Å². The van der Waals surface area contributed by atoms with E-state index in [4.69, 9.17) is 11.0 Å². The fraction of sp³-hybridized carbons (Fsp3) is 0.333. The maximum atomic E-state index is 8.92. The fourth-order valence-electron chi connectivity index (χ4n) is 1.68. The highest BCUT2D eigenvalue weighted by Crippen LogP contribution is 2.25. The van der Waals surface area contributed by atoms with Crippen LogP contribution in [-0.2, 0) is 6.42 Å². The van der Waals surface area contributed by atoms with Crippen molar-refractivity contribution in [3.63, 3.8) is 0 Å². The van der Waals surface area contributed by atoms with Gasteiger partial charge in [0.05, 0.1) is 22.2 Å². The molecule has 0 saturated carbocycles. The zero-order valence-corrected chi connectivity index (χ0v) is 9.92. The predicted molar refractivity (Wildman–Crippen MR) is 67.1 cm³/mol. The molecule has 1 heterocycles. The van der Waals surface area contributed by atoms with Gasteiger partial charge >= 0.3 is 0 Å². The Hall–Kier alpha value is -1.60. The molecule has 2 N–H and O–H groups in total. The molecule has 1 atom stereocenters. The molecule has 0 amide bonds. The molecule has 0 bridgehead atoms. The summed E-state index contributed by atoms with van der Waals surface area (Å²) < 4.78 is 1.10. The summed E-state index contributed by atoms with van der Waals surface area (Å²) in [6.45, 7) is 2.04. The van der Waals surface area contributed by atoms with Crippen LogP contribution in [0.1, 0.15) is 18.9 Å². The Morgan fingerprint density at radius 1 is 1.56 bits per heavy atom. The first kappa shape index (κ1) is 10.9. The van der Waals surface area contributed by atoms with E-state index in [0.29, 0.717) is 5.13 Å². The molecule has 1 aromatic heterocycles. The van der Waals surface area contributed by atoms with Gasteiger partial charge in [0.1, 0.15) is 0 Å². The molecule has 0 aliphatic heterocycles. The van der Waals surface area contributed by atoms with E-state index in [1.54, 1.807) is 0 Å². The molecule has 1 unspecified atom stereocenters. The summed E-state index contributed by atoms with van der Waals surface area (Å²) in [5.74, 6) is 0.0997. The van der Waals surface area contributed by atoms with E-state index in [0.717, 1.165) is 23.1 Å². The maximum Gasteiger partial charge on any atom is 0.181 e. The van der Waals surface area contributed by atoms with Gasteiger partial charge in [-0.1, -0.05) is 24.3 Å². The number of nitriles is 1. The molecule has 0 saturated heterocycles. The minimum Gasteiger partial charge on any atom is -0.375 e. The molecule has 82 valence electrons. The Morgan fingerprint density at radius 3 is 3.06 bits per heavy atom. The summed E-state index contributed by atoms with van der Waals surface area (Å²) in [4.78, 5) is 4.21. The molecule has 3 nitrogen and oxygen atoms in total. The van der Waals surface area contributed by atoms with Crippen molar-refractivity contribution in [2.24, 2.45) is 5.92 Å². The van der Waals surface area contributed by atoms with Crippen molar-refractivity contribution < 1.29 is 0 Å². The van der Waals surface area contributed by atoms with Crippen molar-refractivity contribution >= 4 is 26.7 Å². The van der Waals surface area contributed by atoms with Crippen LogP contribution in [-0.4, -0.2) is 4.98 Å². The Labute approximate surface area is 98.5 Å². The standard InChI is InChI=1S/C12H13N3S/c1-2-8(7-13)5-9-3-4-10-11(6-9)16-12(14)15-10/h3-4,6,8H,2,5H2,1H3,(H2,14,15). The van der Waals surface area contributed by atoms with E-state index < -0.39 is 0 Å². The molecule has 0 spiro atoms. The molecule has 4 heteroatoms. The highest BCUT2D eigenvalue weighted by molar-refractivity contribution is 7.22. The SMILES string of the molecule is CCC(C#N)Cc1ccc2nc(N)sc2c1. The van der Waals surface area contributed by atoms with Crippen LogP contribution in [0.5, 0.6) is 0 Å². The first-order chi connectivity index (χ1) is 7.72. The number of hydrogen-bond donors (Lipinski definition) is 1. The number of nitrogen functional groups attached to an aromatic ring is 1. The van der Waals surface area contributed by atoms with Gasteiger partial charge in [0, 0.05) is 0 Å². The van der Waals surface area contributed by atoms with Crippen molar-refractivity contribution in [1.29, 1.82) is 5.26 Å². The lowest BCUT2D eigenvalue weighted by Crippen LogP contribution is -1.99. The number of rotatable bonds is 3. The molecule has 0 aliphatic rings. The monoisotopic (exact) mass is 231 g/mol. The number of aromatic nitrogens is 1. The van der Waals surface area contributed by atoms with E-state index in [2.05, 4.69) is 17.1 Å². The summed E-state index contributed by atoms with van der Waals surface area (Å²) >= 11 is 1.49. The second-order valence-corrected chi connectivity index (χ2v) is 4.85. The van der Waals surface area contributed by atoms with Crippen LogP contribution in [0.3, 0.4) is 0 Å².